The molecule has 0 unspecified atom stereocenters. The van der Waals surface area contributed by atoms with Crippen LogP contribution in [0.4, 0.5) is 5.69 Å². The molecule has 0 aromatic heterocycles. The maximum atomic E-state index is 13.1. The minimum atomic E-state index is -3.71. The van der Waals surface area contributed by atoms with Gasteiger partial charge in [-0.1, -0.05) is 13.0 Å². The summed E-state index contributed by atoms with van der Waals surface area (Å²) in [5, 5.41) is 2.81. The maximum absolute atomic E-state index is 13.1. The number of ether oxygens (including phenoxy) is 3. The summed E-state index contributed by atoms with van der Waals surface area (Å²) in [5.41, 5.74) is 2.91. The summed E-state index contributed by atoms with van der Waals surface area (Å²) in [6.07, 6.45) is 4.20. The van der Waals surface area contributed by atoms with Crippen LogP contribution >= 0.6 is 0 Å². The quantitative estimate of drug-likeness (QED) is 0.612. The van der Waals surface area contributed by atoms with Gasteiger partial charge in [-0.25, -0.2) is 8.42 Å². The van der Waals surface area contributed by atoms with Crippen LogP contribution in [-0.2, 0) is 32.4 Å². The van der Waals surface area contributed by atoms with E-state index in [1.54, 1.807) is 6.07 Å². The molecule has 2 aromatic rings. The first-order valence-corrected chi connectivity index (χ1v) is 13.2. The van der Waals surface area contributed by atoms with Crippen LogP contribution in [0, 0.1) is 0 Å². The van der Waals surface area contributed by atoms with E-state index >= 15 is 0 Å². The summed E-state index contributed by atoms with van der Waals surface area (Å²) < 4.78 is 44.2. The van der Waals surface area contributed by atoms with Crippen molar-refractivity contribution in [2.75, 3.05) is 38.7 Å². The Labute approximate surface area is 201 Å². The van der Waals surface area contributed by atoms with Crippen molar-refractivity contribution in [2.45, 2.75) is 50.0 Å². The number of hydrogen-bond donors (Lipinski definition) is 1. The van der Waals surface area contributed by atoms with Crippen LogP contribution in [0.25, 0.3) is 0 Å². The van der Waals surface area contributed by atoms with Crippen LogP contribution in [0.2, 0.25) is 0 Å². The maximum Gasteiger partial charge on any atom is 0.265 e. The van der Waals surface area contributed by atoms with E-state index in [1.807, 2.05) is 19.1 Å². The second kappa shape index (κ2) is 10.8. The fourth-order valence-corrected chi connectivity index (χ4v) is 5.80. The number of rotatable bonds is 8. The van der Waals surface area contributed by atoms with Gasteiger partial charge >= 0.3 is 0 Å². The molecule has 2 aromatic carbocycles. The third kappa shape index (κ3) is 5.37. The second-order valence-corrected chi connectivity index (χ2v) is 10.5. The van der Waals surface area contributed by atoms with Crippen molar-refractivity contribution in [1.29, 1.82) is 0 Å². The van der Waals surface area contributed by atoms with Crippen molar-refractivity contribution in [2.24, 2.45) is 0 Å². The van der Waals surface area contributed by atoms with Gasteiger partial charge in [0.1, 0.15) is 11.5 Å². The standard InChI is InChI=1S/C25H32N2O6S/c1-3-23(33-20-9-8-18-6-4-5-7-19(18)16-20)25(28)26-22-17-21(10-11-24(22)31-2)34(29,30)27-12-14-32-15-13-27/h8-11,16-17,23H,3-7,12-15H2,1-2H3,(H,26,28)/t23-/m0/s1. The zero-order valence-corrected chi connectivity index (χ0v) is 20.5. The van der Waals surface area contributed by atoms with E-state index in [0.717, 1.165) is 19.3 Å². The van der Waals surface area contributed by atoms with Gasteiger partial charge < -0.3 is 19.5 Å². The van der Waals surface area contributed by atoms with Gasteiger partial charge in [0.15, 0.2) is 6.10 Å². The second-order valence-electron chi connectivity index (χ2n) is 8.52. The molecule has 1 heterocycles. The highest BCUT2D eigenvalue weighted by molar-refractivity contribution is 7.89. The van der Waals surface area contributed by atoms with Crippen LogP contribution in [0.5, 0.6) is 11.5 Å². The molecule has 9 heteroatoms. The molecule has 0 radical (unpaired) electrons. The molecule has 1 N–H and O–H groups in total. The Kier molecular flexibility index (Phi) is 7.75. The number of benzene rings is 2. The lowest BCUT2D eigenvalue weighted by molar-refractivity contribution is -0.122. The Morgan fingerprint density at radius 1 is 1.09 bits per heavy atom. The molecular weight excluding hydrogens is 456 g/mol. The Balaban J connectivity index is 1.52. The van der Waals surface area contributed by atoms with Crippen molar-refractivity contribution in [3.05, 3.63) is 47.5 Å². The normalized spacial score (nSPS) is 17.5. The first-order chi connectivity index (χ1) is 16.4. The molecule has 0 spiro atoms. The molecule has 0 saturated carbocycles. The minimum absolute atomic E-state index is 0.0918. The fraction of sp³-hybridized carbons (Fsp3) is 0.480. The number of aryl methyl sites for hydroxylation is 2. The number of sulfonamides is 1. The predicted molar refractivity (Wildman–Crippen MR) is 129 cm³/mol. The molecule has 1 aliphatic heterocycles. The number of nitrogens with one attached hydrogen (secondary N) is 1. The van der Waals surface area contributed by atoms with E-state index in [2.05, 4.69) is 11.4 Å². The molecule has 184 valence electrons. The van der Waals surface area contributed by atoms with Gasteiger partial charge in [0, 0.05) is 13.1 Å². The van der Waals surface area contributed by atoms with Crippen LogP contribution in [0.15, 0.2) is 41.3 Å². The Hall–Kier alpha value is -2.62. The average molecular weight is 489 g/mol. The lowest BCUT2D eigenvalue weighted by Crippen LogP contribution is -2.40. The molecule has 1 aliphatic carbocycles. The summed E-state index contributed by atoms with van der Waals surface area (Å²) in [5.74, 6) is 0.676. The van der Waals surface area contributed by atoms with Gasteiger partial charge in [-0.15, -0.1) is 0 Å². The third-order valence-electron chi connectivity index (χ3n) is 6.30. The first-order valence-electron chi connectivity index (χ1n) is 11.8. The van der Waals surface area contributed by atoms with Gasteiger partial charge in [0.2, 0.25) is 10.0 Å². The van der Waals surface area contributed by atoms with E-state index in [-0.39, 0.29) is 16.5 Å². The molecule has 8 nitrogen and oxygen atoms in total. The lowest BCUT2D eigenvalue weighted by Gasteiger charge is -2.26. The number of methoxy groups -OCH3 is 1. The van der Waals surface area contributed by atoms with Crippen LogP contribution in [0.3, 0.4) is 0 Å². The van der Waals surface area contributed by atoms with E-state index in [9.17, 15) is 13.2 Å². The number of hydrogen-bond acceptors (Lipinski definition) is 6. The molecule has 34 heavy (non-hydrogen) atoms. The Morgan fingerprint density at radius 2 is 1.82 bits per heavy atom. The van der Waals surface area contributed by atoms with E-state index < -0.39 is 16.1 Å². The van der Waals surface area contributed by atoms with Crippen molar-refractivity contribution in [1.82, 2.24) is 4.31 Å². The molecular formula is C25H32N2O6S. The molecule has 1 atom stereocenters. The highest BCUT2D eigenvalue weighted by atomic mass is 32.2. The summed E-state index contributed by atoms with van der Waals surface area (Å²) in [4.78, 5) is 13.2. The SMILES string of the molecule is CC[C@H](Oc1ccc2c(c1)CCCC2)C(=O)Nc1cc(S(=O)(=O)N2CCOCC2)ccc1OC. The topological polar surface area (TPSA) is 94.2 Å². The summed E-state index contributed by atoms with van der Waals surface area (Å²) in [7, 11) is -2.24. The van der Waals surface area contributed by atoms with E-state index in [0.29, 0.717) is 44.2 Å². The van der Waals surface area contributed by atoms with Crippen LogP contribution < -0.4 is 14.8 Å². The summed E-state index contributed by atoms with van der Waals surface area (Å²) in [6, 6.07) is 10.5. The number of nitrogens with zero attached hydrogens (tertiary/aromatic N) is 1. The number of morpholine rings is 1. The third-order valence-corrected chi connectivity index (χ3v) is 8.19. The lowest BCUT2D eigenvalue weighted by atomic mass is 9.92. The van der Waals surface area contributed by atoms with E-state index in [4.69, 9.17) is 14.2 Å². The fourth-order valence-electron chi connectivity index (χ4n) is 4.36. The van der Waals surface area contributed by atoms with Gasteiger partial charge in [-0.2, -0.15) is 4.31 Å². The van der Waals surface area contributed by atoms with Gasteiger partial charge in [-0.3, -0.25) is 4.79 Å². The Bertz CT molecular complexity index is 1130. The van der Waals surface area contributed by atoms with Crippen molar-refractivity contribution >= 4 is 21.6 Å². The molecule has 1 fully saturated rings. The number of amides is 1. The number of carbonyl (C=O) groups excluding carboxylic acids is 1. The summed E-state index contributed by atoms with van der Waals surface area (Å²) >= 11 is 0. The monoisotopic (exact) mass is 488 g/mol. The van der Waals surface area contributed by atoms with Crippen molar-refractivity contribution in [3.8, 4) is 11.5 Å². The summed E-state index contributed by atoms with van der Waals surface area (Å²) in [6.45, 7) is 3.18. The zero-order valence-electron chi connectivity index (χ0n) is 19.7. The largest absolute Gasteiger partial charge is 0.495 e. The van der Waals surface area contributed by atoms with Crippen molar-refractivity contribution < 1.29 is 27.4 Å². The zero-order chi connectivity index (χ0) is 24.1. The van der Waals surface area contributed by atoms with Crippen LogP contribution in [-0.4, -0.2) is 58.1 Å². The highest BCUT2D eigenvalue weighted by Gasteiger charge is 2.28. The molecule has 4 rings (SSSR count). The number of anilines is 1. The van der Waals surface area contributed by atoms with Crippen LogP contribution in [0.1, 0.15) is 37.3 Å². The van der Waals surface area contributed by atoms with E-state index in [1.165, 1.54) is 41.1 Å². The van der Waals surface area contributed by atoms with Crippen molar-refractivity contribution in [3.63, 3.8) is 0 Å². The molecule has 1 saturated heterocycles. The first kappa shape index (κ1) is 24.5. The molecule has 2 aliphatic rings. The number of fused-ring (bicyclic) bond motifs is 1. The minimum Gasteiger partial charge on any atom is -0.495 e. The molecule has 1 amide bonds. The highest BCUT2D eigenvalue weighted by Crippen LogP contribution is 2.30. The number of carbonyl (C=O) groups is 1. The smallest absolute Gasteiger partial charge is 0.265 e. The van der Waals surface area contributed by atoms with Gasteiger partial charge in [0.05, 0.1) is 30.9 Å². The van der Waals surface area contributed by atoms with Gasteiger partial charge in [-0.05, 0) is 73.6 Å². The van der Waals surface area contributed by atoms with Gasteiger partial charge in [0.25, 0.3) is 5.91 Å². The average Bonchev–Trinajstić information content (AvgIpc) is 2.87. The molecule has 0 bridgehead atoms. The predicted octanol–water partition coefficient (Wildman–Crippen LogP) is 3.39. The Morgan fingerprint density at radius 3 is 2.53 bits per heavy atom.